The highest BCUT2D eigenvalue weighted by Gasteiger charge is 2.41. The maximum Gasteiger partial charge on any atom is 0.217 e. The van der Waals surface area contributed by atoms with Crippen LogP contribution in [-0.4, -0.2) is 5.91 Å². The average Bonchev–Trinajstić information content (AvgIpc) is 2.71. The Morgan fingerprint density at radius 1 is 1.12 bits per heavy atom. The Morgan fingerprint density at radius 2 is 1.77 bits per heavy atom. The van der Waals surface area contributed by atoms with Crippen LogP contribution in [0.3, 0.4) is 0 Å². The quantitative estimate of drug-likeness (QED) is 0.645. The molecule has 0 saturated heterocycles. The predicted molar refractivity (Wildman–Crippen MR) is 112 cm³/mol. The first kappa shape index (κ1) is 20.2. The first-order valence-corrected chi connectivity index (χ1v) is 9.48. The van der Waals surface area contributed by atoms with Gasteiger partial charge >= 0.3 is 0 Å². The Kier molecular flexibility index (Phi) is 5.95. The summed E-state index contributed by atoms with van der Waals surface area (Å²) in [5, 5.41) is 0. The van der Waals surface area contributed by atoms with Gasteiger partial charge in [-0.15, -0.1) is 0 Å². The van der Waals surface area contributed by atoms with Crippen LogP contribution in [0.4, 0.5) is 0 Å². The Bertz CT molecular complexity index is 775. The van der Waals surface area contributed by atoms with Crippen molar-refractivity contribution in [1.29, 1.82) is 0 Å². The topological polar surface area (TPSA) is 43.1 Å². The van der Waals surface area contributed by atoms with E-state index in [9.17, 15) is 4.79 Å². The fraction of sp³-hybridized carbons (Fsp3) is 0.458. The fourth-order valence-electron chi connectivity index (χ4n) is 4.19. The third kappa shape index (κ3) is 4.75. The van der Waals surface area contributed by atoms with E-state index in [0.29, 0.717) is 12.8 Å². The van der Waals surface area contributed by atoms with E-state index in [1.165, 1.54) is 28.7 Å². The number of carbonyl (C=O) groups is 1. The third-order valence-corrected chi connectivity index (χ3v) is 5.38. The molecular weight excluding hydrogens is 318 g/mol. The zero-order chi connectivity index (χ0) is 19.5. The van der Waals surface area contributed by atoms with Crippen LogP contribution in [0.2, 0.25) is 0 Å². The molecule has 0 aromatic heterocycles. The van der Waals surface area contributed by atoms with Gasteiger partial charge in [0.25, 0.3) is 0 Å². The van der Waals surface area contributed by atoms with Crippen molar-refractivity contribution in [3.8, 4) is 0 Å². The highest BCUT2D eigenvalue weighted by atomic mass is 16.1. The summed E-state index contributed by atoms with van der Waals surface area (Å²) in [5.41, 5.74) is 12.3. The van der Waals surface area contributed by atoms with Crippen molar-refractivity contribution >= 4 is 11.5 Å². The maximum atomic E-state index is 10.8. The number of benzene rings is 1. The van der Waals surface area contributed by atoms with Gasteiger partial charge in [-0.1, -0.05) is 75.8 Å². The number of nitrogens with two attached hydrogens (primary N) is 1. The molecule has 0 bridgehead atoms. The second kappa shape index (κ2) is 7.65. The monoisotopic (exact) mass is 351 g/mol. The lowest BCUT2D eigenvalue weighted by Crippen LogP contribution is -2.17. The van der Waals surface area contributed by atoms with Crippen molar-refractivity contribution in [2.24, 2.45) is 5.73 Å². The van der Waals surface area contributed by atoms with Crippen LogP contribution in [0, 0.1) is 0 Å². The van der Waals surface area contributed by atoms with E-state index < -0.39 is 0 Å². The molecule has 2 heteroatoms. The first-order chi connectivity index (χ1) is 12.0. The molecule has 2 rings (SSSR count). The van der Waals surface area contributed by atoms with E-state index in [1.807, 2.05) is 13.0 Å². The van der Waals surface area contributed by atoms with Crippen LogP contribution in [0.25, 0.3) is 5.57 Å². The van der Waals surface area contributed by atoms with Gasteiger partial charge in [0.2, 0.25) is 5.91 Å². The van der Waals surface area contributed by atoms with Crippen molar-refractivity contribution in [3.63, 3.8) is 0 Å². The molecule has 1 aliphatic rings. The van der Waals surface area contributed by atoms with Crippen LogP contribution in [0.15, 0.2) is 48.1 Å². The summed E-state index contributed by atoms with van der Waals surface area (Å²) < 4.78 is 0. The Labute approximate surface area is 158 Å². The predicted octanol–water partition coefficient (Wildman–Crippen LogP) is 5.82. The molecule has 0 radical (unpaired) electrons. The summed E-state index contributed by atoms with van der Waals surface area (Å²) in [5.74, 6) is -0.253. The molecule has 140 valence electrons. The molecule has 2 nitrogen and oxygen atoms in total. The summed E-state index contributed by atoms with van der Waals surface area (Å²) in [6, 6.07) is 6.94. The van der Waals surface area contributed by atoms with E-state index in [-0.39, 0.29) is 16.7 Å². The second-order valence-corrected chi connectivity index (χ2v) is 8.87. The number of hydrogen-bond donors (Lipinski definition) is 1. The van der Waals surface area contributed by atoms with Gasteiger partial charge in [-0.3, -0.25) is 4.79 Å². The molecule has 1 aromatic rings. The molecule has 0 saturated carbocycles. The molecule has 1 amide bonds. The summed E-state index contributed by atoms with van der Waals surface area (Å²) >= 11 is 0. The zero-order valence-corrected chi connectivity index (χ0v) is 17.1. The van der Waals surface area contributed by atoms with E-state index in [1.54, 1.807) is 0 Å². The van der Waals surface area contributed by atoms with Gasteiger partial charge in [0.05, 0.1) is 0 Å². The minimum atomic E-state index is -0.253. The van der Waals surface area contributed by atoms with Gasteiger partial charge in [-0.2, -0.15) is 0 Å². The normalized spacial score (nSPS) is 19.0. The number of amides is 1. The van der Waals surface area contributed by atoms with Gasteiger partial charge in [0, 0.05) is 6.42 Å². The minimum Gasteiger partial charge on any atom is -0.370 e. The Morgan fingerprint density at radius 3 is 2.42 bits per heavy atom. The maximum absolute atomic E-state index is 10.8. The summed E-state index contributed by atoms with van der Waals surface area (Å²) in [6.07, 6.45) is 10.6. The SMILES string of the molecule is CC(C=CC=C(C)c1ccc2c(c1)C(C)(C)CC2(C)C)=CCCC(N)=O. The standard InChI is InChI=1S/C24H33NO/c1-17(10-8-12-22(25)26)9-7-11-18(2)19-13-14-20-21(15-19)24(5,6)16-23(20,3)4/h7,9-11,13-15H,8,12,16H2,1-6H3,(H2,25,26). The van der Waals surface area contributed by atoms with E-state index in [2.05, 4.69) is 71.0 Å². The minimum absolute atomic E-state index is 0.227. The van der Waals surface area contributed by atoms with Gasteiger partial charge in [-0.05, 0) is 59.8 Å². The molecule has 0 aliphatic heterocycles. The molecule has 0 heterocycles. The van der Waals surface area contributed by atoms with E-state index in [4.69, 9.17) is 5.73 Å². The van der Waals surface area contributed by atoms with Gasteiger partial charge in [0.15, 0.2) is 0 Å². The fourth-order valence-corrected chi connectivity index (χ4v) is 4.19. The lowest BCUT2D eigenvalue weighted by atomic mass is 9.82. The largest absolute Gasteiger partial charge is 0.370 e. The van der Waals surface area contributed by atoms with Crippen molar-refractivity contribution in [3.05, 3.63) is 64.8 Å². The molecule has 0 fully saturated rings. The van der Waals surface area contributed by atoms with Crippen LogP contribution in [0.5, 0.6) is 0 Å². The molecule has 1 aliphatic carbocycles. The van der Waals surface area contributed by atoms with Crippen LogP contribution in [0.1, 0.15) is 77.5 Å². The summed E-state index contributed by atoms with van der Waals surface area (Å²) in [6.45, 7) is 13.6. The Balaban J connectivity index is 2.16. The molecule has 0 unspecified atom stereocenters. The number of carbonyl (C=O) groups excluding carboxylic acids is 1. The van der Waals surface area contributed by atoms with E-state index >= 15 is 0 Å². The second-order valence-electron chi connectivity index (χ2n) is 8.87. The average molecular weight is 352 g/mol. The molecule has 0 atom stereocenters. The summed E-state index contributed by atoms with van der Waals surface area (Å²) in [4.78, 5) is 10.8. The van der Waals surface area contributed by atoms with Crippen LogP contribution < -0.4 is 5.73 Å². The van der Waals surface area contributed by atoms with Crippen molar-refractivity contribution in [2.45, 2.75) is 71.6 Å². The number of fused-ring (bicyclic) bond motifs is 1. The highest BCUT2D eigenvalue weighted by molar-refractivity contribution is 5.73. The van der Waals surface area contributed by atoms with E-state index in [0.717, 1.165) is 5.57 Å². The van der Waals surface area contributed by atoms with Crippen LogP contribution >= 0.6 is 0 Å². The molecular formula is C24H33NO. The van der Waals surface area contributed by atoms with Crippen molar-refractivity contribution < 1.29 is 4.79 Å². The molecule has 0 spiro atoms. The smallest absolute Gasteiger partial charge is 0.217 e. The number of rotatable bonds is 6. The van der Waals surface area contributed by atoms with Crippen molar-refractivity contribution in [2.75, 3.05) is 0 Å². The number of allylic oxidation sites excluding steroid dienone is 6. The van der Waals surface area contributed by atoms with Gasteiger partial charge in [0.1, 0.15) is 0 Å². The Hall–Kier alpha value is -2.09. The molecule has 1 aromatic carbocycles. The highest BCUT2D eigenvalue weighted by Crippen LogP contribution is 2.49. The first-order valence-electron chi connectivity index (χ1n) is 9.48. The van der Waals surface area contributed by atoms with Crippen LogP contribution in [-0.2, 0) is 15.6 Å². The molecule has 26 heavy (non-hydrogen) atoms. The third-order valence-electron chi connectivity index (χ3n) is 5.38. The lowest BCUT2D eigenvalue weighted by molar-refractivity contribution is -0.117. The summed E-state index contributed by atoms with van der Waals surface area (Å²) in [7, 11) is 0. The number of hydrogen-bond acceptors (Lipinski definition) is 1. The zero-order valence-electron chi connectivity index (χ0n) is 17.1. The number of primary amides is 1. The molecule has 2 N–H and O–H groups in total. The van der Waals surface area contributed by atoms with Crippen molar-refractivity contribution in [1.82, 2.24) is 0 Å². The van der Waals surface area contributed by atoms with Gasteiger partial charge in [-0.25, -0.2) is 0 Å². The van der Waals surface area contributed by atoms with Gasteiger partial charge < -0.3 is 5.73 Å². The lowest BCUT2D eigenvalue weighted by Gasteiger charge is -2.22.